The van der Waals surface area contributed by atoms with E-state index in [1.165, 1.54) is 16.4 Å². The molecule has 0 aliphatic carbocycles. The van der Waals surface area contributed by atoms with Gasteiger partial charge in [0.15, 0.2) is 0 Å². The van der Waals surface area contributed by atoms with Gasteiger partial charge in [0, 0.05) is 38.8 Å². The van der Waals surface area contributed by atoms with Gasteiger partial charge in [0.05, 0.1) is 4.90 Å². The molecule has 1 heterocycles. The average molecular weight is 401 g/mol. The standard InChI is InChI=1S/C19H29FN2O4S/c1-2-3-14-26-15-4-11-21-19(23)16-9-12-22(13-10-16)27(24,25)18-7-5-17(20)6-8-18/h5-8,16H,2-4,9-15H2,1H3,(H,21,23). The van der Waals surface area contributed by atoms with Crippen LogP contribution in [-0.4, -0.2) is 51.5 Å². The highest BCUT2D eigenvalue weighted by Crippen LogP contribution is 2.24. The molecule has 1 fully saturated rings. The second-order valence-corrected chi connectivity index (χ2v) is 8.68. The van der Waals surface area contributed by atoms with Crippen LogP contribution in [0.15, 0.2) is 29.2 Å². The molecule has 1 aromatic carbocycles. The molecule has 0 aromatic heterocycles. The number of halogens is 1. The van der Waals surface area contributed by atoms with E-state index in [2.05, 4.69) is 12.2 Å². The quantitative estimate of drug-likeness (QED) is 0.613. The summed E-state index contributed by atoms with van der Waals surface area (Å²) in [7, 11) is -3.64. The number of piperidine rings is 1. The summed E-state index contributed by atoms with van der Waals surface area (Å²) in [6.45, 7) is 4.65. The number of hydrogen-bond acceptors (Lipinski definition) is 4. The predicted octanol–water partition coefficient (Wildman–Crippen LogP) is 2.55. The number of rotatable bonds is 10. The van der Waals surface area contributed by atoms with Crippen LogP contribution in [-0.2, 0) is 19.6 Å². The molecule has 0 unspecified atom stereocenters. The Bertz CT molecular complexity index is 686. The molecule has 1 amide bonds. The van der Waals surface area contributed by atoms with Crippen molar-refractivity contribution in [2.45, 2.75) is 43.9 Å². The van der Waals surface area contributed by atoms with Crippen molar-refractivity contribution in [2.75, 3.05) is 32.8 Å². The molecule has 0 bridgehead atoms. The zero-order valence-corrected chi connectivity index (χ0v) is 16.6. The lowest BCUT2D eigenvalue weighted by Gasteiger charge is -2.30. The monoisotopic (exact) mass is 400 g/mol. The van der Waals surface area contributed by atoms with Crippen LogP contribution in [0.25, 0.3) is 0 Å². The van der Waals surface area contributed by atoms with Crippen LogP contribution in [0.4, 0.5) is 4.39 Å². The summed E-state index contributed by atoms with van der Waals surface area (Å²) in [5.74, 6) is -0.673. The molecule has 6 nitrogen and oxygen atoms in total. The van der Waals surface area contributed by atoms with E-state index >= 15 is 0 Å². The highest BCUT2D eigenvalue weighted by Gasteiger charge is 2.31. The molecule has 1 saturated heterocycles. The van der Waals surface area contributed by atoms with Gasteiger partial charge in [-0.2, -0.15) is 4.31 Å². The summed E-state index contributed by atoms with van der Waals surface area (Å²) in [4.78, 5) is 12.3. The molecule has 2 rings (SSSR count). The predicted molar refractivity (Wildman–Crippen MR) is 101 cm³/mol. The van der Waals surface area contributed by atoms with E-state index in [1.54, 1.807) is 0 Å². The van der Waals surface area contributed by atoms with E-state index in [-0.39, 0.29) is 29.8 Å². The Hall–Kier alpha value is -1.51. The van der Waals surface area contributed by atoms with Crippen LogP contribution in [0.2, 0.25) is 0 Å². The van der Waals surface area contributed by atoms with Crippen LogP contribution in [0.1, 0.15) is 39.0 Å². The number of hydrogen-bond donors (Lipinski definition) is 1. The van der Waals surface area contributed by atoms with Gasteiger partial charge in [0.1, 0.15) is 5.82 Å². The minimum absolute atomic E-state index is 0.0256. The van der Waals surface area contributed by atoms with Crippen molar-refractivity contribution in [3.63, 3.8) is 0 Å². The maximum Gasteiger partial charge on any atom is 0.243 e. The molecule has 27 heavy (non-hydrogen) atoms. The Morgan fingerprint density at radius 2 is 1.81 bits per heavy atom. The average Bonchev–Trinajstić information content (AvgIpc) is 2.67. The van der Waals surface area contributed by atoms with Crippen LogP contribution >= 0.6 is 0 Å². The van der Waals surface area contributed by atoms with Crippen molar-refractivity contribution in [2.24, 2.45) is 5.92 Å². The topological polar surface area (TPSA) is 75.7 Å². The third-order valence-electron chi connectivity index (χ3n) is 4.68. The highest BCUT2D eigenvalue weighted by atomic mass is 32.2. The molecule has 1 aromatic rings. The molecule has 0 atom stereocenters. The van der Waals surface area contributed by atoms with Crippen molar-refractivity contribution in [1.82, 2.24) is 9.62 Å². The third-order valence-corrected chi connectivity index (χ3v) is 6.60. The van der Waals surface area contributed by atoms with Gasteiger partial charge in [-0.25, -0.2) is 12.8 Å². The fraction of sp³-hybridized carbons (Fsp3) is 0.632. The zero-order chi connectivity index (χ0) is 19.7. The number of benzene rings is 1. The smallest absolute Gasteiger partial charge is 0.243 e. The first-order chi connectivity index (χ1) is 12.9. The van der Waals surface area contributed by atoms with Crippen LogP contribution < -0.4 is 5.32 Å². The van der Waals surface area contributed by atoms with Gasteiger partial charge in [-0.05, 0) is 49.9 Å². The first kappa shape index (κ1) is 21.8. The number of carbonyl (C=O) groups excluding carboxylic acids is 1. The Morgan fingerprint density at radius 3 is 2.44 bits per heavy atom. The number of unbranched alkanes of at least 4 members (excludes halogenated alkanes) is 1. The maximum absolute atomic E-state index is 13.0. The van der Waals surface area contributed by atoms with E-state index in [1.807, 2.05) is 0 Å². The SMILES string of the molecule is CCCCOCCCNC(=O)C1CCN(S(=O)(=O)c2ccc(F)cc2)CC1. The summed E-state index contributed by atoms with van der Waals surface area (Å²) in [5, 5.41) is 2.91. The molecule has 1 aliphatic heterocycles. The van der Waals surface area contributed by atoms with E-state index < -0.39 is 15.8 Å². The number of sulfonamides is 1. The summed E-state index contributed by atoms with van der Waals surface area (Å²) in [6.07, 6.45) is 3.89. The number of nitrogens with one attached hydrogen (secondary N) is 1. The van der Waals surface area contributed by atoms with Crippen molar-refractivity contribution < 1.29 is 22.3 Å². The van der Waals surface area contributed by atoms with Crippen LogP contribution in [0.3, 0.4) is 0 Å². The lowest BCUT2D eigenvalue weighted by Crippen LogP contribution is -2.43. The minimum atomic E-state index is -3.64. The summed E-state index contributed by atoms with van der Waals surface area (Å²) in [5.41, 5.74) is 0. The fourth-order valence-corrected chi connectivity index (χ4v) is 4.46. The minimum Gasteiger partial charge on any atom is -0.381 e. The number of nitrogens with zero attached hydrogens (tertiary/aromatic N) is 1. The van der Waals surface area contributed by atoms with Gasteiger partial charge in [-0.15, -0.1) is 0 Å². The fourth-order valence-electron chi connectivity index (χ4n) is 2.99. The molecule has 0 radical (unpaired) electrons. The summed E-state index contributed by atoms with van der Waals surface area (Å²) >= 11 is 0. The van der Waals surface area contributed by atoms with Crippen LogP contribution in [0, 0.1) is 11.7 Å². The molecule has 1 aliphatic rings. The highest BCUT2D eigenvalue weighted by molar-refractivity contribution is 7.89. The van der Waals surface area contributed by atoms with E-state index in [9.17, 15) is 17.6 Å². The molecule has 152 valence electrons. The summed E-state index contributed by atoms with van der Waals surface area (Å²) < 4.78 is 45.0. The van der Waals surface area contributed by atoms with Gasteiger partial charge in [0.2, 0.25) is 15.9 Å². The Balaban J connectivity index is 1.73. The third kappa shape index (κ3) is 6.55. The Morgan fingerprint density at radius 1 is 1.19 bits per heavy atom. The van der Waals surface area contributed by atoms with Crippen molar-refractivity contribution in [1.29, 1.82) is 0 Å². The molecule has 0 spiro atoms. The van der Waals surface area contributed by atoms with Crippen molar-refractivity contribution in [3.05, 3.63) is 30.1 Å². The molecular weight excluding hydrogens is 371 g/mol. The lowest BCUT2D eigenvalue weighted by molar-refractivity contribution is -0.126. The van der Waals surface area contributed by atoms with Crippen molar-refractivity contribution >= 4 is 15.9 Å². The molecule has 1 N–H and O–H groups in total. The largest absolute Gasteiger partial charge is 0.381 e. The van der Waals surface area contributed by atoms with Gasteiger partial charge < -0.3 is 10.1 Å². The van der Waals surface area contributed by atoms with Gasteiger partial charge in [-0.3, -0.25) is 4.79 Å². The van der Waals surface area contributed by atoms with Gasteiger partial charge in [-0.1, -0.05) is 13.3 Å². The number of ether oxygens (including phenoxy) is 1. The molecule has 0 saturated carbocycles. The normalized spacial score (nSPS) is 16.4. The van der Waals surface area contributed by atoms with Crippen molar-refractivity contribution in [3.8, 4) is 0 Å². The number of carbonyl (C=O) groups is 1. The first-order valence-electron chi connectivity index (χ1n) is 9.56. The van der Waals surface area contributed by atoms with E-state index in [0.717, 1.165) is 38.0 Å². The lowest BCUT2D eigenvalue weighted by atomic mass is 9.97. The Kier molecular flexibility index (Phi) is 8.66. The van der Waals surface area contributed by atoms with Gasteiger partial charge >= 0.3 is 0 Å². The first-order valence-corrected chi connectivity index (χ1v) is 11.0. The van der Waals surface area contributed by atoms with Gasteiger partial charge in [0.25, 0.3) is 0 Å². The second-order valence-electron chi connectivity index (χ2n) is 6.74. The zero-order valence-electron chi connectivity index (χ0n) is 15.8. The molecular formula is C19H29FN2O4S. The summed E-state index contributed by atoms with van der Waals surface area (Å²) in [6, 6.07) is 4.82. The second kappa shape index (κ2) is 10.7. The van der Waals surface area contributed by atoms with E-state index in [4.69, 9.17) is 4.74 Å². The molecule has 8 heteroatoms. The number of amides is 1. The van der Waals surface area contributed by atoms with E-state index in [0.29, 0.717) is 26.0 Å². The van der Waals surface area contributed by atoms with Crippen LogP contribution in [0.5, 0.6) is 0 Å². The Labute approximate surface area is 161 Å². The maximum atomic E-state index is 13.0.